The van der Waals surface area contributed by atoms with Crippen molar-refractivity contribution in [3.05, 3.63) is 42.1 Å². The van der Waals surface area contributed by atoms with Crippen molar-refractivity contribution in [3.8, 4) is 0 Å². The Morgan fingerprint density at radius 1 is 1.20 bits per heavy atom. The number of guanidine groups is 1. The predicted octanol–water partition coefficient (Wildman–Crippen LogP) is 3.21. The number of aliphatic hydroxyl groups excluding tert-OH is 1. The van der Waals surface area contributed by atoms with E-state index >= 15 is 0 Å². The van der Waals surface area contributed by atoms with E-state index < -0.39 is 0 Å². The van der Waals surface area contributed by atoms with Crippen LogP contribution in [0.25, 0.3) is 10.9 Å². The van der Waals surface area contributed by atoms with Gasteiger partial charge in [-0.05, 0) is 50.3 Å². The number of halogens is 1. The summed E-state index contributed by atoms with van der Waals surface area (Å²) in [6.07, 6.45) is 5.42. The monoisotopic (exact) mass is 454 g/mol. The smallest absolute Gasteiger partial charge is 0.191 e. The third-order valence-electron chi connectivity index (χ3n) is 4.53. The number of hydrogen-bond acceptors (Lipinski definition) is 3. The molecule has 3 N–H and O–H groups in total. The van der Waals surface area contributed by atoms with Crippen LogP contribution >= 0.6 is 24.0 Å². The minimum atomic E-state index is -0.134. The van der Waals surface area contributed by atoms with E-state index in [0.717, 1.165) is 49.1 Å². The van der Waals surface area contributed by atoms with Crippen LogP contribution in [0.3, 0.4) is 0 Å². The lowest BCUT2D eigenvalue weighted by Crippen LogP contribution is -2.45. The summed E-state index contributed by atoms with van der Waals surface area (Å²) >= 11 is 0. The molecule has 6 heteroatoms. The molecule has 0 radical (unpaired) electrons. The number of nitrogens with zero attached hydrogens (tertiary/aromatic N) is 2. The van der Waals surface area contributed by atoms with Crippen molar-refractivity contribution in [2.45, 2.75) is 51.3 Å². The zero-order valence-electron chi connectivity index (χ0n) is 14.6. The zero-order chi connectivity index (χ0) is 16.8. The van der Waals surface area contributed by atoms with Gasteiger partial charge in [-0.3, -0.25) is 4.98 Å². The Morgan fingerprint density at radius 2 is 1.96 bits per heavy atom. The van der Waals surface area contributed by atoms with Crippen molar-refractivity contribution in [3.63, 3.8) is 0 Å². The molecule has 1 aliphatic rings. The summed E-state index contributed by atoms with van der Waals surface area (Å²) in [5.74, 6) is 0.847. The standard InChI is InChI=1S/C19H26N4O.HI/c1-2-20-19(23-15-7-9-16(24)10-8-15)22-13-14-11-12-21-18-6-4-3-5-17(14)18;/h3-6,11-12,15-16,24H,2,7-10,13H2,1H3,(H2,20,22,23);1H. The van der Waals surface area contributed by atoms with Gasteiger partial charge in [0.2, 0.25) is 0 Å². The molecule has 1 aliphatic carbocycles. The van der Waals surface area contributed by atoms with E-state index in [1.165, 1.54) is 5.56 Å². The Kier molecular flexibility index (Phi) is 7.90. The summed E-state index contributed by atoms with van der Waals surface area (Å²) in [5.41, 5.74) is 2.18. The minimum Gasteiger partial charge on any atom is -0.393 e. The summed E-state index contributed by atoms with van der Waals surface area (Å²) < 4.78 is 0. The Morgan fingerprint density at radius 3 is 2.72 bits per heavy atom. The Balaban J connectivity index is 0.00000225. The van der Waals surface area contributed by atoms with Crippen molar-refractivity contribution in [2.75, 3.05) is 6.54 Å². The maximum atomic E-state index is 9.64. The summed E-state index contributed by atoms with van der Waals surface area (Å²) in [7, 11) is 0. The van der Waals surface area contributed by atoms with E-state index in [1.807, 2.05) is 30.5 Å². The lowest BCUT2D eigenvalue weighted by molar-refractivity contribution is 0.120. The fourth-order valence-electron chi connectivity index (χ4n) is 3.19. The maximum absolute atomic E-state index is 9.64. The first-order chi connectivity index (χ1) is 11.8. The topological polar surface area (TPSA) is 69.5 Å². The number of fused-ring (bicyclic) bond motifs is 1. The number of para-hydroxylation sites is 1. The van der Waals surface area contributed by atoms with Crippen LogP contribution in [0.5, 0.6) is 0 Å². The fourth-order valence-corrected chi connectivity index (χ4v) is 3.19. The average Bonchev–Trinajstić information content (AvgIpc) is 2.62. The van der Waals surface area contributed by atoms with Gasteiger partial charge in [-0.15, -0.1) is 24.0 Å². The van der Waals surface area contributed by atoms with Crippen LogP contribution in [0.2, 0.25) is 0 Å². The molecular weight excluding hydrogens is 427 g/mol. The highest BCUT2D eigenvalue weighted by molar-refractivity contribution is 14.0. The van der Waals surface area contributed by atoms with Crippen LogP contribution in [0.15, 0.2) is 41.5 Å². The van der Waals surface area contributed by atoms with Gasteiger partial charge in [0.15, 0.2) is 5.96 Å². The van der Waals surface area contributed by atoms with E-state index in [9.17, 15) is 5.11 Å². The number of nitrogens with one attached hydrogen (secondary N) is 2. The Hall–Kier alpha value is -1.41. The van der Waals surface area contributed by atoms with Crippen LogP contribution < -0.4 is 10.6 Å². The molecule has 3 rings (SSSR count). The first-order valence-electron chi connectivity index (χ1n) is 8.82. The van der Waals surface area contributed by atoms with E-state index in [-0.39, 0.29) is 30.1 Å². The van der Waals surface area contributed by atoms with Crippen LogP contribution in [-0.4, -0.2) is 34.7 Å². The summed E-state index contributed by atoms with van der Waals surface area (Å²) in [5, 5.41) is 17.6. The van der Waals surface area contributed by atoms with Crippen molar-refractivity contribution in [1.82, 2.24) is 15.6 Å². The summed E-state index contributed by atoms with van der Waals surface area (Å²) in [6, 6.07) is 10.6. The van der Waals surface area contributed by atoms with Gasteiger partial charge in [-0.1, -0.05) is 18.2 Å². The van der Waals surface area contributed by atoms with Crippen LogP contribution in [0.4, 0.5) is 0 Å². The van der Waals surface area contributed by atoms with Gasteiger partial charge < -0.3 is 15.7 Å². The third kappa shape index (κ3) is 5.54. The second-order valence-corrected chi connectivity index (χ2v) is 6.33. The highest BCUT2D eigenvalue weighted by Gasteiger charge is 2.19. The third-order valence-corrected chi connectivity index (χ3v) is 4.53. The molecule has 1 aromatic heterocycles. The molecular formula is C19H27IN4O. The number of aliphatic imine (C=N–C) groups is 1. The van der Waals surface area contributed by atoms with Crippen LogP contribution in [0, 0.1) is 0 Å². The number of aliphatic hydroxyl groups is 1. The van der Waals surface area contributed by atoms with Crippen LogP contribution in [-0.2, 0) is 6.54 Å². The molecule has 1 saturated carbocycles. The Bertz CT molecular complexity index is 693. The number of pyridine rings is 1. The highest BCUT2D eigenvalue weighted by atomic mass is 127. The molecule has 1 aromatic carbocycles. The van der Waals surface area contributed by atoms with E-state index in [4.69, 9.17) is 4.99 Å². The van der Waals surface area contributed by atoms with Crippen molar-refractivity contribution in [1.29, 1.82) is 0 Å². The zero-order valence-corrected chi connectivity index (χ0v) is 16.9. The molecule has 5 nitrogen and oxygen atoms in total. The molecule has 0 bridgehead atoms. The van der Waals surface area contributed by atoms with Crippen molar-refractivity contribution >= 4 is 40.8 Å². The number of aromatic nitrogens is 1. The molecule has 1 fully saturated rings. The minimum absolute atomic E-state index is 0. The number of benzene rings is 1. The van der Waals surface area contributed by atoms with Gasteiger partial charge in [0.05, 0.1) is 18.2 Å². The lowest BCUT2D eigenvalue weighted by Gasteiger charge is -2.27. The van der Waals surface area contributed by atoms with Crippen LogP contribution in [0.1, 0.15) is 38.2 Å². The second kappa shape index (κ2) is 9.91. The molecule has 0 aliphatic heterocycles. The largest absolute Gasteiger partial charge is 0.393 e. The van der Waals surface area contributed by atoms with Crippen molar-refractivity contribution < 1.29 is 5.11 Å². The summed E-state index contributed by atoms with van der Waals surface area (Å²) in [6.45, 7) is 3.52. The van der Waals surface area contributed by atoms with Gasteiger partial charge >= 0.3 is 0 Å². The lowest BCUT2D eigenvalue weighted by atomic mass is 9.93. The molecule has 0 unspecified atom stereocenters. The SMILES string of the molecule is CCNC(=NCc1ccnc2ccccc12)NC1CCC(O)CC1.I. The first-order valence-corrected chi connectivity index (χ1v) is 8.82. The quantitative estimate of drug-likeness (QED) is 0.377. The number of hydrogen-bond donors (Lipinski definition) is 3. The molecule has 0 atom stereocenters. The molecule has 0 spiro atoms. The van der Waals surface area contributed by atoms with Gasteiger partial charge in [-0.25, -0.2) is 4.99 Å². The summed E-state index contributed by atoms with van der Waals surface area (Å²) in [4.78, 5) is 9.15. The van der Waals surface area contributed by atoms with E-state index in [2.05, 4.69) is 28.6 Å². The average molecular weight is 454 g/mol. The van der Waals surface area contributed by atoms with Gasteiger partial charge in [0.25, 0.3) is 0 Å². The molecule has 1 heterocycles. The van der Waals surface area contributed by atoms with Crippen molar-refractivity contribution in [2.24, 2.45) is 4.99 Å². The molecule has 25 heavy (non-hydrogen) atoms. The molecule has 0 amide bonds. The molecule has 2 aromatic rings. The predicted molar refractivity (Wildman–Crippen MR) is 113 cm³/mol. The van der Waals surface area contributed by atoms with E-state index in [0.29, 0.717) is 12.6 Å². The second-order valence-electron chi connectivity index (χ2n) is 6.33. The Labute approximate surface area is 166 Å². The van der Waals surface area contributed by atoms with Gasteiger partial charge in [0.1, 0.15) is 0 Å². The number of rotatable bonds is 4. The molecule has 0 saturated heterocycles. The highest BCUT2D eigenvalue weighted by Crippen LogP contribution is 2.19. The van der Waals surface area contributed by atoms with Gasteiger partial charge in [-0.2, -0.15) is 0 Å². The molecule has 136 valence electrons. The normalized spacial score (nSPS) is 20.8. The van der Waals surface area contributed by atoms with Gasteiger partial charge in [0, 0.05) is 24.2 Å². The maximum Gasteiger partial charge on any atom is 0.191 e. The van der Waals surface area contributed by atoms with E-state index in [1.54, 1.807) is 0 Å². The first kappa shape index (κ1) is 19.9. The fraction of sp³-hybridized carbons (Fsp3) is 0.474.